The van der Waals surface area contributed by atoms with E-state index in [2.05, 4.69) is 15.9 Å². The minimum Gasteiger partial charge on any atom is -0.503 e. The first kappa shape index (κ1) is 12.0. The number of ketones is 1. The number of carbonyl (C=O) groups excluding carboxylic acids is 1. The Morgan fingerprint density at radius 1 is 1.67 bits per heavy atom. The Balaban J connectivity index is 3.29. The van der Waals surface area contributed by atoms with Gasteiger partial charge in [-0.1, -0.05) is 0 Å². The van der Waals surface area contributed by atoms with Gasteiger partial charge in [0.2, 0.25) is 0 Å². The molecule has 0 unspecified atom stereocenters. The second-order valence-corrected chi connectivity index (χ2v) is 3.87. The Labute approximate surface area is 95.0 Å². The largest absolute Gasteiger partial charge is 0.503 e. The molecule has 0 saturated carbocycles. The van der Waals surface area contributed by atoms with Gasteiger partial charge in [-0.3, -0.25) is 4.79 Å². The van der Waals surface area contributed by atoms with Gasteiger partial charge in [0.25, 0.3) is 0 Å². The number of hydrogen-bond donors (Lipinski definition) is 1. The molecule has 0 atom stereocenters. The number of phenols is 1. The molecule has 0 fully saturated rings. The fraction of sp³-hybridized carbons (Fsp3) is 0.300. The third kappa shape index (κ3) is 2.47. The van der Waals surface area contributed by atoms with Crippen LogP contribution in [0.3, 0.4) is 0 Å². The molecule has 0 aliphatic carbocycles. The van der Waals surface area contributed by atoms with Crippen molar-refractivity contribution in [2.45, 2.75) is 13.3 Å². The number of carbonyl (C=O) groups is 1. The second-order valence-electron chi connectivity index (χ2n) is 3.08. The van der Waals surface area contributed by atoms with E-state index in [0.29, 0.717) is 0 Å². The third-order valence-corrected chi connectivity index (χ3v) is 2.75. The third-order valence-electron chi connectivity index (χ3n) is 1.90. The van der Waals surface area contributed by atoms with Crippen molar-refractivity contribution in [1.82, 2.24) is 0 Å². The fourth-order valence-electron chi connectivity index (χ4n) is 1.19. The van der Waals surface area contributed by atoms with E-state index in [4.69, 9.17) is 4.74 Å². The predicted molar refractivity (Wildman–Crippen MR) is 56.7 cm³/mol. The van der Waals surface area contributed by atoms with Crippen molar-refractivity contribution < 1.29 is 19.0 Å². The summed E-state index contributed by atoms with van der Waals surface area (Å²) in [5.74, 6) is -0.923. The molecule has 1 aromatic rings. The summed E-state index contributed by atoms with van der Waals surface area (Å²) < 4.78 is 18.4. The molecular weight excluding hydrogens is 267 g/mol. The lowest BCUT2D eigenvalue weighted by molar-refractivity contribution is -0.116. The first-order valence-electron chi connectivity index (χ1n) is 4.20. The highest BCUT2D eigenvalue weighted by molar-refractivity contribution is 9.10. The lowest BCUT2D eigenvalue weighted by Gasteiger charge is -2.10. The minimum absolute atomic E-state index is 0.0340. The van der Waals surface area contributed by atoms with E-state index < -0.39 is 5.82 Å². The number of hydrogen-bond acceptors (Lipinski definition) is 3. The van der Waals surface area contributed by atoms with E-state index in [0.717, 1.165) is 6.07 Å². The molecule has 0 heterocycles. The van der Waals surface area contributed by atoms with E-state index in [1.165, 1.54) is 14.0 Å². The highest BCUT2D eigenvalue weighted by Crippen LogP contribution is 2.38. The summed E-state index contributed by atoms with van der Waals surface area (Å²) in [5, 5.41) is 9.57. The molecule has 5 heteroatoms. The van der Waals surface area contributed by atoms with Crippen LogP contribution in [0.25, 0.3) is 0 Å². The van der Waals surface area contributed by atoms with Gasteiger partial charge >= 0.3 is 0 Å². The van der Waals surface area contributed by atoms with E-state index in [1.54, 1.807) is 0 Å². The molecule has 1 rings (SSSR count). The van der Waals surface area contributed by atoms with Crippen LogP contribution in [0.1, 0.15) is 12.5 Å². The zero-order chi connectivity index (χ0) is 11.6. The number of aromatic hydroxyl groups is 1. The van der Waals surface area contributed by atoms with Gasteiger partial charge in [-0.05, 0) is 22.9 Å². The molecule has 0 spiro atoms. The van der Waals surface area contributed by atoms with Gasteiger partial charge in [0.15, 0.2) is 11.5 Å². The number of halogens is 2. The van der Waals surface area contributed by atoms with Crippen LogP contribution in [0.2, 0.25) is 0 Å². The summed E-state index contributed by atoms with van der Waals surface area (Å²) in [6.45, 7) is 1.35. The summed E-state index contributed by atoms with van der Waals surface area (Å²) in [6, 6.07) is 1.05. The lowest BCUT2D eigenvalue weighted by Crippen LogP contribution is -2.01. The van der Waals surface area contributed by atoms with Gasteiger partial charge < -0.3 is 9.84 Å². The van der Waals surface area contributed by atoms with Gasteiger partial charge in [-0.2, -0.15) is 0 Å². The minimum atomic E-state index is -0.577. The van der Waals surface area contributed by atoms with Gasteiger partial charge in [-0.15, -0.1) is 0 Å². The first-order valence-corrected chi connectivity index (χ1v) is 5.00. The van der Waals surface area contributed by atoms with Crippen molar-refractivity contribution in [2.24, 2.45) is 0 Å². The number of rotatable bonds is 3. The smallest absolute Gasteiger partial charge is 0.172 e. The molecule has 0 saturated heterocycles. The van der Waals surface area contributed by atoms with Crippen molar-refractivity contribution in [3.05, 3.63) is 21.9 Å². The van der Waals surface area contributed by atoms with Crippen molar-refractivity contribution in [2.75, 3.05) is 7.11 Å². The van der Waals surface area contributed by atoms with Crippen LogP contribution in [0.5, 0.6) is 11.5 Å². The molecule has 0 aliphatic rings. The van der Waals surface area contributed by atoms with E-state index in [1.807, 2.05) is 0 Å². The molecular formula is C10H10BrFO3. The van der Waals surface area contributed by atoms with Crippen molar-refractivity contribution >= 4 is 21.7 Å². The molecule has 0 aromatic heterocycles. The number of methoxy groups -OCH3 is 1. The van der Waals surface area contributed by atoms with Crippen LogP contribution in [-0.2, 0) is 11.2 Å². The molecule has 15 heavy (non-hydrogen) atoms. The maximum Gasteiger partial charge on any atom is 0.172 e. The number of phenolic OH excluding ortho intramolecular Hbond substituents is 1. The SMILES string of the molecule is COc1cc(F)c(CC(C)=O)c(Br)c1O. The number of benzene rings is 1. The molecule has 3 nitrogen and oxygen atoms in total. The second kappa shape index (κ2) is 4.61. The quantitative estimate of drug-likeness (QED) is 0.923. The summed E-state index contributed by atoms with van der Waals surface area (Å²) in [4.78, 5) is 10.9. The van der Waals surface area contributed by atoms with Gasteiger partial charge in [0.05, 0.1) is 11.6 Å². The zero-order valence-corrected chi connectivity index (χ0v) is 9.89. The van der Waals surface area contributed by atoms with Crippen LogP contribution < -0.4 is 4.74 Å². The highest BCUT2D eigenvalue weighted by Gasteiger charge is 2.17. The molecule has 1 N–H and O–H groups in total. The topological polar surface area (TPSA) is 46.5 Å². The van der Waals surface area contributed by atoms with E-state index in [-0.39, 0.29) is 33.7 Å². The van der Waals surface area contributed by atoms with Crippen LogP contribution in [0.4, 0.5) is 4.39 Å². The van der Waals surface area contributed by atoms with Crippen molar-refractivity contribution in [1.29, 1.82) is 0 Å². The predicted octanol–water partition coefficient (Wildman–Crippen LogP) is 2.43. The molecule has 82 valence electrons. The van der Waals surface area contributed by atoms with Crippen LogP contribution in [0, 0.1) is 5.82 Å². The monoisotopic (exact) mass is 276 g/mol. The Morgan fingerprint density at radius 2 is 2.27 bits per heavy atom. The number of ether oxygens (including phenoxy) is 1. The van der Waals surface area contributed by atoms with Crippen LogP contribution >= 0.6 is 15.9 Å². The van der Waals surface area contributed by atoms with Crippen molar-refractivity contribution in [3.63, 3.8) is 0 Å². The Kier molecular flexibility index (Phi) is 3.68. The normalized spacial score (nSPS) is 10.1. The van der Waals surface area contributed by atoms with Crippen molar-refractivity contribution in [3.8, 4) is 11.5 Å². The summed E-state index contributed by atoms with van der Waals surface area (Å²) in [7, 11) is 1.32. The Morgan fingerprint density at radius 3 is 2.73 bits per heavy atom. The number of Topliss-reactive ketones (excluding diaryl/α,β-unsaturated/α-hetero) is 1. The average Bonchev–Trinajstić information content (AvgIpc) is 2.18. The van der Waals surface area contributed by atoms with Gasteiger partial charge in [0, 0.05) is 18.1 Å². The molecule has 0 amide bonds. The molecule has 0 aliphatic heterocycles. The standard InChI is InChI=1S/C10H10BrFO3/c1-5(13)3-6-7(12)4-8(15-2)10(14)9(6)11/h4,14H,3H2,1-2H3. The van der Waals surface area contributed by atoms with Gasteiger partial charge in [-0.25, -0.2) is 4.39 Å². The zero-order valence-electron chi connectivity index (χ0n) is 8.30. The lowest BCUT2D eigenvalue weighted by atomic mass is 10.1. The molecule has 0 bridgehead atoms. The molecule has 1 aromatic carbocycles. The summed E-state index contributed by atoms with van der Waals surface area (Å²) in [5.41, 5.74) is 0.140. The van der Waals surface area contributed by atoms with Crippen LogP contribution in [-0.4, -0.2) is 18.0 Å². The van der Waals surface area contributed by atoms with Gasteiger partial charge in [0.1, 0.15) is 11.6 Å². The summed E-state index contributed by atoms with van der Waals surface area (Å²) in [6.07, 6.45) is -0.0655. The van der Waals surface area contributed by atoms with E-state index in [9.17, 15) is 14.3 Å². The maximum atomic E-state index is 13.5. The first-order chi connectivity index (χ1) is 6.97. The van der Waals surface area contributed by atoms with E-state index >= 15 is 0 Å². The maximum absolute atomic E-state index is 13.5. The summed E-state index contributed by atoms with van der Waals surface area (Å²) >= 11 is 3.03. The Hall–Kier alpha value is -1.10. The fourth-order valence-corrected chi connectivity index (χ4v) is 1.72. The average molecular weight is 277 g/mol. The Bertz CT molecular complexity index is 404. The molecule has 0 radical (unpaired) electrons. The van der Waals surface area contributed by atoms with Crippen LogP contribution in [0.15, 0.2) is 10.5 Å². The highest BCUT2D eigenvalue weighted by atomic mass is 79.9.